The van der Waals surface area contributed by atoms with E-state index in [1.807, 2.05) is 0 Å². The third kappa shape index (κ3) is 1.31. The van der Waals surface area contributed by atoms with E-state index in [-0.39, 0.29) is 0 Å². The number of nitrogen functional groups attached to an aromatic ring is 2. The second-order valence-electron chi connectivity index (χ2n) is 3.46. The van der Waals surface area contributed by atoms with Gasteiger partial charge >= 0.3 is 0 Å². The Balaban J connectivity index is 3.22. The first-order valence-corrected chi connectivity index (χ1v) is 4.46. The summed E-state index contributed by atoms with van der Waals surface area (Å²) < 4.78 is 79.1. The highest BCUT2D eigenvalue weighted by molar-refractivity contribution is 6.01. The van der Waals surface area contributed by atoms with E-state index in [1.54, 1.807) is 0 Å². The first kappa shape index (κ1) is 12.3. The molecule has 0 aliphatic rings. The van der Waals surface area contributed by atoms with Crippen molar-refractivity contribution < 1.29 is 26.3 Å². The lowest BCUT2D eigenvalue weighted by Crippen LogP contribution is -2.08. The molecule has 0 radical (unpaired) electrons. The molecule has 0 saturated carbocycles. The molecule has 18 heavy (non-hydrogen) atoms. The Kier molecular flexibility index (Phi) is 2.53. The van der Waals surface area contributed by atoms with Crippen molar-refractivity contribution in [2.24, 2.45) is 0 Å². The minimum atomic E-state index is -2.04. The van der Waals surface area contributed by atoms with Crippen molar-refractivity contribution in [2.45, 2.75) is 0 Å². The average molecular weight is 266 g/mol. The summed E-state index contributed by atoms with van der Waals surface area (Å²) >= 11 is 0. The Morgan fingerprint density at radius 3 is 1.00 bits per heavy atom. The lowest BCUT2D eigenvalue weighted by Gasteiger charge is -2.11. The number of hydrogen-bond donors (Lipinski definition) is 2. The van der Waals surface area contributed by atoms with Gasteiger partial charge in [-0.05, 0) is 0 Å². The quantitative estimate of drug-likeness (QED) is 0.437. The molecule has 2 nitrogen and oxygen atoms in total. The lowest BCUT2D eigenvalue weighted by atomic mass is 10.0. The van der Waals surface area contributed by atoms with Crippen molar-refractivity contribution in [1.82, 2.24) is 0 Å². The van der Waals surface area contributed by atoms with Gasteiger partial charge in [0, 0.05) is 0 Å². The van der Waals surface area contributed by atoms with Gasteiger partial charge in [-0.3, -0.25) is 0 Å². The molecule has 0 aliphatic heterocycles. The minimum Gasteiger partial charge on any atom is -0.396 e. The normalized spacial score (nSPS) is 11.2. The van der Waals surface area contributed by atoms with Crippen molar-refractivity contribution in [3.63, 3.8) is 0 Å². The Hall–Kier alpha value is -2.12. The molecular weight excluding hydrogens is 262 g/mol. The first-order chi connectivity index (χ1) is 8.29. The van der Waals surface area contributed by atoms with Gasteiger partial charge in [-0.15, -0.1) is 0 Å². The van der Waals surface area contributed by atoms with Crippen molar-refractivity contribution in [3.8, 4) is 0 Å². The maximum absolute atomic E-state index is 13.4. The molecule has 0 amide bonds. The highest BCUT2D eigenvalue weighted by Crippen LogP contribution is 2.37. The Morgan fingerprint density at radius 1 is 0.444 bits per heavy atom. The number of halogens is 6. The summed E-state index contributed by atoms with van der Waals surface area (Å²) in [6.45, 7) is 0. The third-order valence-electron chi connectivity index (χ3n) is 2.47. The summed E-state index contributed by atoms with van der Waals surface area (Å²) in [6, 6.07) is 0. The molecule has 0 heterocycles. The van der Waals surface area contributed by atoms with Gasteiger partial charge in [0.05, 0.1) is 22.1 Å². The van der Waals surface area contributed by atoms with Crippen LogP contribution in [0, 0.1) is 34.9 Å². The second-order valence-corrected chi connectivity index (χ2v) is 3.46. The minimum absolute atomic E-state index is 1.14. The molecule has 0 fully saturated rings. The zero-order valence-corrected chi connectivity index (χ0v) is 8.42. The number of nitrogens with two attached hydrogens (primary N) is 2. The maximum atomic E-state index is 13.4. The van der Waals surface area contributed by atoms with E-state index >= 15 is 0 Å². The number of fused-ring (bicyclic) bond motifs is 1. The summed E-state index contributed by atoms with van der Waals surface area (Å²) in [5, 5.41) is -2.27. The van der Waals surface area contributed by atoms with Gasteiger partial charge < -0.3 is 11.5 Å². The van der Waals surface area contributed by atoms with Gasteiger partial charge in [-0.25, -0.2) is 26.3 Å². The van der Waals surface area contributed by atoms with Crippen LogP contribution in [-0.2, 0) is 0 Å². The zero-order chi connectivity index (χ0) is 13.8. The van der Waals surface area contributed by atoms with E-state index in [2.05, 4.69) is 0 Å². The summed E-state index contributed by atoms with van der Waals surface area (Å²) in [7, 11) is 0. The van der Waals surface area contributed by atoms with Crippen LogP contribution >= 0.6 is 0 Å². The van der Waals surface area contributed by atoms with Crippen LogP contribution in [0.3, 0.4) is 0 Å². The number of rotatable bonds is 0. The molecule has 2 rings (SSSR count). The molecule has 0 saturated heterocycles. The number of benzene rings is 2. The van der Waals surface area contributed by atoms with E-state index in [0.717, 1.165) is 0 Å². The van der Waals surface area contributed by atoms with Crippen molar-refractivity contribution >= 4 is 22.1 Å². The molecule has 0 bridgehead atoms. The Labute approximate surface area is 95.8 Å². The molecule has 4 N–H and O–H groups in total. The standard InChI is InChI=1S/C10H4F6N2/c11-3-1-2(10(18)8(16)5(3)13)4(12)6(14)7(15)9(1)17/h17-18H2. The maximum Gasteiger partial charge on any atom is 0.197 e. The summed E-state index contributed by atoms with van der Waals surface area (Å²) in [5.74, 6) is -11.8. The Bertz CT molecular complexity index is 569. The summed E-state index contributed by atoms with van der Waals surface area (Å²) in [4.78, 5) is 0. The summed E-state index contributed by atoms with van der Waals surface area (Å²) in [5.41, 5.74) is 7.64. The smallest absolute Gasteiger partial charge is 0.197 e. The molecule has 0 unspecified atom stereocenters. The van der Waals surface area contributed by atoms with E-state index in [4.69, 9.17) is 11.5 Å². The van der Waals surface area contributed by atoms with Crippen LogP contribution in [0.25, 0.3) is 10.8 Å². The molecule has 0 atom stereocenters. The number of hydrogen-bond acceptors (Lipinski definition) is 2. The van der Waals surface area contributed by atoms with Gasteiger partial charge in [0.1, 0.15) is 0 Å². The largest absolute Gasteiger partial charge is 0.396 e. The highest BCUT2D eigenvalue weighted by atomic mass is 19.2. The molecular formula is C10H4F6N2. The fourth-order valence-electron chi connectivity index (χ4n) is 1.59. The van der Waals surface area contributed by atoms with Gasteiger partial charge in [-0.2, -0.15) is 0 Å². The van der Waals surface area contributed by atoms with E-state index in [9.17, 15) is 26.3 Å². The van der Waals surface area contributed by atoms with Crippen LogP contribution in [0.2, 0.25) is 0 Å². The molecule has 96 valence electrons. The summed E-state index contributed by atoms with van der Waals surface area (Å²) in [6.07, 6.45) is 0. The van der Waals surface area contributed by atoms with Crippen molar-refractivity contribution in [2.75, 3.05) is 11.5 Å². The average Bonchev–Trinajstić information content (AvgIpc) is 2.35. The molecule has 8 heteroatoms. The molecule has 0 aromatic heterocycles. The predicted molar refractivity (Wildman–Crippen MR) is 52.5 cm³/mol. The van der Waals surface area contributed by atoms with Crippen LogP contribution in [0.15, 0.2) is 0 Å². The number of anilines is 2. The van der Waals surface area contributed by atoms with Crippen LogP contribution < -0.4 is 11.5 Å². The van der Waals surface area contributed by atoms with Crippen molar-refractivity contribution in [3.05, 3.63) is 34.9 Å². The van der Waals surface area contributed by atoms with Gasteiger partial charge in [0.25, 0.3) is 0 Å². The fraction of sp³-hybridized carbons (Fsp3) is 0. The highest BCUT2D eigenvalue weighted by Gasteiger charge is 2.27. The molecule has 2 aromatic carbocycles. The first-order valence-electron chi connectivity index (χ1n) is 4.46. The lowest BCUT2D eigenvalue weighted by molar-refractivity contribution is 0.445. The second kappa shape index (κ2) is 3.69. The van der Waals surface area contributed by atoms with Gasteiger partial charge in [0.2, 0.25) is 0 Å². The predicted octanol–water partition coefficient (Wildman–Crippen LogP) is 2.84. The van der Waals surface area contributed by atoms with E-state index < -0.39 is 57.1 Å². The van der Waals surface area contributed by atoms with Crippen LogP contribution in [-0.4, -0.2) is 0 Å². The van der Waals surface area contributed by atoms with Crippen LogP contribution in [0.4, 0.5) is 37.7 Å². The fourth-order valence-corrected chi connectivity index (χ4v) is 1.59. The zero-order valence-electron chi connectivity index (χ0n) is 8.42. The van der Waals surface area contributed by atoms with Gasteiger partial charge in [0.15, 0.2) is 34.9 Å². The van der Waals surface area contributed by atoms with Crippen LogP contribution in [0.1, 0.15) is 0 Å². The molecule has 0 spiro atoms. The van der Waals surface area contributed by atoms with Gasteiger partial charge in [-0.1, -0.05) is 0 Å². The van der Waals surface area contributed by atoms with E-state index in [0.29, 0.717) is 0 Å². The molecule has 0 aliphatic carbocycles. The molecule has 2 aromatic rings. The monoisotopic (exact) mass is 266 g/mol. The topological polar surface area (TPSA) is 52.0 Å². The van der Waals surface area contributed by atoms with Crippen molar-refractivity contribution in [1.29, 1.82) is 0 Å². The van der Waals surface area contributed by atoms with Crippen LogP contribution in [0.5, 0.6) is 0 Å². The SMILES string of the molecule is Nc1c(F)c(F)c(F)c2c(N)c(F)c(F)c(F)c12. The third-order valence-corrected chi connectivity index (χ3v) is 2.47. The van der Waals surface area contributed by atoms with E-state index in [1.165, 1.54) is 0 Å². The Morgan fingerprint density at radius 2 is 0.722 bits per heavy atom.